The highest BCUT2D eigenvalue weighted by Gasteiger charge is 2.04. The van der Waals surface area contributed by atoms with E-state index in [0.717, 1.165) is 10.2 Å². The summed E-state index contributed by atoms with van der Waals surface area (Å²) >= 11 is 7.36. The summed E-state index contributed by atoms with van der Waals surface area (Å²) in [5.41, 5.74) is 0.785. The summed E-state index contributed by atoms with van der Waals surface area (Å²) in [6.07, 6.45) is 0. The number of aliphatic hydroxyl groups is 1. The summed E-state index contributed by atoms with van der Waals surface area (Å²) in [6, 6.07) is 5.62. The van der Waals surface area contributed by atoms with Crippen LogP contribution in [0.1, 0.15) is 18.9 Å². The summed E-state index contributed by atoms with van der Waals surface area (Å²) in [6.45, 7) is 3.98. The van der Waals surface area contributed by atoms with Crippen LogP contribution in [-0.2, 0) is 6.61 Å². The second kappa shape index (κ2) is 5.29. The molecule has 2 aromatic rings. The lowest BCUT2D eigenvalue weighted by Gasteiger charge is -1.88. The van der Waals surface area contributed by atoms with Crippen molar-refractivity contribution in [3.63, 3.8) is 0 Å². The van der Waals surface area contributed by atoms with E-state index in [1.165, 1.54) is 11.3 Å². The number of hydrogen-bond acceptors (Lipinski definition) is 3. The van der Waals surface area contributed by atoms with Crippen LogP contribution >= 0.6 is 22.9 Å². The molecule has 1 N–H and O–H groups in total. The molecule has 4 heteroatoms. The predicted octanol–water partition coefficient (Wildman–Crippen LogP) is 3.47. The average Bonchev–Trinajstić information content (AvgIpc) is 2.65. The topological polar surface area (TPSA) is 33.1 Å². The maximum absolute atomic E-state index is 8.83. The van der Waals surface area contributed by atoms with Gasteiger partial charge < -0.3 is 5.11 Å². The van der Waals surface area contributed by atoms with E-state index in [4.69, 9.17) is 16.7 Å². The standard InChI is InChI=1S/C8H6ClNOS.C2H6/c9-5-2-1-3-6-8(5)10-7(4-11)12-6;1-2/h1-3,11H,4H2;1-2H3. The Balaban J connectivity index is 0.000000461. The first-order valence-corrected chi connectivity index (χ1v) is 5.65. The van der Waals surface area contributed by atoms with E-state index in [-0.39, 0.29) is 6.61 Å². The number of rotatable bonds is 1. The zero-order valence-electron chi connectivity index (χ0n) is 8.12. The third-order valence-electron chi connectivity index (χ3n) is 1.55. The molecule has 0 aliphatic rings. The SMILES string of the molecule is CC.OCc1nc2c(Cl)cccc2s1. The number of halogens is 1. The lowest BCUT2D eigenvalue weighted by atomic mass is 10.3. The number of nitrogens with zero attached hydrogens (tertiary/aromatic N) is 1. The first-order valence-electron chi connectivity index (χ1n) is 4.46. The van der Waals surface area contributed by atoms with Gasteiger partial charge in [-0.2, -0.15) is 0 Å². The highest BCUT2D eigenvalue weighted by molar-refractivity contribution is 7.18. The highest BCUT2D eigenvalue weighted by atomic mass is 35.5. The van der Waals surface area contributed by atoms with Gasteiger partial charge in [0, 0.05) is 0 Å². The molecule has 2 rings (SSSR count). The Bertz CT molecular complexity index is 413. The highest BCUT2D eigenvalue weighted by Crippen LogP contribution is 2.27. The molecule has 0 aliphatic carbocycles. The number of benzene rings is 1. The van der Waals surface area contributed by atoms with Crippen LogP contribution in [0.25, 0.3) is 10.2 Å². The molecular weight excluding hydrogens is 218 g/mol. The normalized spacial score (nSPS) is 9.71. The number of para-hydroxylation sites is 1. The Labute approximate surface area is 92.2 Å². The third-order valence-corrected chi connectivity index (χ3v) is 2.86. The van der Waals surface area contributed by atoms with Crippen molar-refractivity contribution in [1.82, 2.24) is 4.98 Å². The van der Waals surface area contributed by atoms with Gasteiger partial charge in [-0.1, -0.05) is 31.5 Å². The van der Waals surface area contributed by atoms with E-state index in [1.54, 1.807) is 6.07 Å². The average molecular weight is 230 g/mol. The smallest absolute Gasteiger partial charge is 0.119 e. The van der Waals surface area contributed by atoms with Crippen molar-refractivity contribution in [2.75, 3.05) is 0 Å². The van der Waals surface area contributed by atoms with Crippen molar-refractivity contribution < 1.29 is 5.11 Å². The Morgan fingerprint density at radius 3 is 2.71 bits per heavy atom. The molecule has 1 heterocycles. The first-order chi connectivity index (χ1) is 6.81. The van der Waals surface area contributed by atoms with E-state index in [1.807, 2.05) is 26.0 Å². The van der Waals surface area contributed by atoms with Gasteiger partial charge in [0.2, 0.25) is 0 Å². The minimum Gasteiger partial charge on any atom is -0.389 e. The molecule has 0 spiro atoms. The summed E-state index contributed by atoms with van der Waals surface area (Å²) < 4.78 is 1.02. The van der Waals surface area contributed by atoms with E-state index < -0.39 is 0 Å². The molecule has 0 fully saturated rings. The molecule has 2 nitrogen and oxygen atoms in total. The lowest BCUT2D eigenvalue weighted by Crippen LogP contribution is -1.77. The van der Waals surface area contributed by atoms with Crippen molar-refractivity contribution in [3.8, 4) is 0 Å². The second-order valence-corrected chi connectivity index (χ2v) is 3.87. The van der Waals surface area contributed by atoms with Crippen LogP contribution in [0.2, 0.25) is 5.02 Å². The van der Waals surface area contributed by atoms with Crippen LogP contribution < -0.4 is 0 Å². The number of aliphatic hydroxyl groups excluding tert-OH is 1. The summed E-state index contributed by atoms with van der Waals surface area (Å²) in [5.74, 6) is 0. The molecule has 1 aromatic heterocycles. The van der Waals surface area contributed by atoms with E-state index in [2.05, 4.69) is 4.98 Å². The monoisotopic (exact) mass is 229 g/mol. The molecule has 0 radical (unpaired) electrons. The fourth-order valence-electron chi connectivity index (χ4n) is 1.03. The summed E-state index contributed by atoms with van der Waals surface area (Å²) in [4.78, 5) is 4.17. The molecule has 0 unspecified atom stereocenters. The van der Waals surface area contributed by atoms with Gasteiger partial charge in [-0.25, -0.2) is 4.98 Å². The minimum atomic E-state index is -0.0182. The van der Waals surface area contributed by atoms with Crippen molar-refractivity contribution in [2.24, 2.45) is 0 Å². The molecular formula is C10H12ClNOS. The number of hydrogen-bond donors (Lipinski definition) is 1. The predicted molar refractivity (Wildman–Crippen MR) is 61.9 cm³/mol. The van der Waals surface area contributed by atoms with Gasteiger partial charge in [-0.15, -0.1) is 11.3 Å². The van der Waals surface area contributed by atoms with Crippen LogP contribution in [0, 0.1) is 0 Å². The van der Waals surface area contributed by atoms with Gasteiger partial charge in [0.1, 0.15) is 10.5 Å². The van der Waals surface area contributed by atoms with Gasteiger partial charge in [0.25, 0.3) is 0 Å². The lowest BCUT2D eigenvalue weighted by molar-refractivity contribution is 0.281. The van der Waals surface area contributed by atoms with Crippen molar-refractivity contribution in [2.45, 2.75) is 20.5 Å². The van der Waals surface area contributed by atoms with Crippen molar-refractivity contribution in [3.05, 3.63) is 28.2 Å². The molecule has 0 amide bonds. The fraction of sp³-hybridized carbons (Fsp3) is 0.300. The van der Waals surface area contributed by atoms with Gasteiger partial charge in [0.05, 0.1) is 16.3 Å². The van der Waals surface area contributed by atoms with E-state index >= 15 is 0 Å². The molecule has 0 bridgehead atoms. The van der Waals surface area contributed by atoms with Gasteiger partial charge in [-0.3, -0.25) is 0 Å². The van der Waals surface area contributed by atoms with Crippen LogP contribution in [0.5, 0.6) is 0 Å². The quantitative estimate of drug-likeness (QED) is 0.812. The molecule has 0 atom stereocenters. The van der Waals surface area contributed by atoms with Crippen LogP contribution in [0.15, 0.2) is 18.2 Å². The van der Waals surface area contributed by atoms with Crippen molar-refractivity contribution in [1.29, 1.82) is 0 Å². The summed E-state index contributed by atoms with van der Waals surface area (Å²) in [7, 11) is 0. The van der Waals surface area contributed by atoms with Crippen LogP contribution in [-0.4, -0.2) is 10.1 Å². The maximum Gasteiger partial charge on any atom is 0.119 e. The van der Waals surface area contributed by atoms with Crippen LogP contribution in [0.3, 0.4) is 0 Å². The Morgan fingerprint density at radius 2 is 2.14 bits per heavy atom. The zero-order chi connectivity index (χ0) is 10.6. The zero-order valence-corrected chi connectivity index (χ0v) is 9.69. The fourth-order valence-corrected chi connectivity index (χ4v) is 2.16. The number of aromatic nitrogens is 1. The van der Waals surface area contributed by atoms with Gasteiger partial charge >= 0.3 is 0 Å². The Kier molecular flexibility index (Phi) is 4.32. The minimum absolute atomic E-state index is 0.0182. The molecule has 14 heavy (non-hydrogen) atoms. The molecule has 0 aliphatic heterocycles. The second-order valence-electron chi connectivity index (χ2n) is 2.35. The molecule has 76 valence electrons. The van der Waals surface area contributed by atoms with Crippen molar-refractivity contribution >= 4 is 33.2 Å². The van der Waals surface area contributed by atoms with Gasteiger partial charge in [-0.05, 0) is 12.1 Å². The maximum atomic E-state index is 8.83. The molecule has 0 saturated heterocycles. The number of thiazole rings is 1. The Hall–Kier alpha value is -0.640. The molecule has 0 saturated carbocycles. The first kappa shape index (κ1) is 11.4. The third kappa shape index (κ3) is 2.23. The van der Waals surface area contributed by atoms with E-state index in [0.29, 0.717) is 10.0 Å². The molecule has 1 aromatic carbocycles. The number of fused-ring (bicyclic) bond motifs is 1. The van der Waals surface area contributed by atoms with Gasteiger partial charge in [0.15, 0.2) is 0 Å². The largest absolute Gasteiger partial charge is 0.389 e. The summed E-state index contributed by atoms with van der Waals surface area (Å²) in [5, 5.41) is 10.2. The Morgan fingerprint density at radius 1 is 1.43 bits per heavy atom. The van der Waals surface area contributed by atoms with E-state index in [9.17, 15) is 0 Å². The van der Waals surface area contributed by atoms with Crippen LogP contribution in [0.4, 0.5) is 0 Å².